The number of hydrogen-bond donors (Lipinski definition) is 0. The van der Waals surface area contributed by atoms with Crippen LogP contribution in [0.15, 0.2) is 36.4 Å². The number of benzene rings is 2. The van der Waals surface area contributed by atoms with Gasteiger partial charge >= 0.3 is 6.09 Å². The first-order valence-corrected chi connectivity index (χ1v) is 12.5. The van der Waals surface area contributed by atoms with E-state index in [0.29, 0.717) is 30.3 Å². The van der Waals surface area contributed by atoms with Crippen LogP contribution >= 0.6 is 11.6 Å². The molecule has 8 heteroatoms. The predicted octanol–water partition coefficient (Wildman–Crippen LogP) is 6.00. The zero-order chi connectivity index (χ0) is 26.6. The van der Waals surface area contributed by atoms with E-state index in [1.165, 1.54) is 0 Å². The average Bonchev–Trinajstić information content (AvgIpc) is 2.96. The number of amides is 2. The van der Waals surface area contributed by atoms with Crippen LogP contribution in [0, 0.1) is 11.3 Å². The quantitative estimate of drug-likeness (QED) is 0.497. The lowest BCUT2D eigenvalue weighted by Crippen LogP contribution is -2.61. The molecule has 0 atom stereocenters. The minimum Gasteiger partial charge on any atom is -0.444 e. The van der Waals surface area contributed by atoms with Crippen molar-refractivity contribution in [3.63, 3.8) is 0 Å². The summed E-state index contributed by atoms with van der Waals surface area (Å²) in [6.07, 6.45) is -0.312. The summed E-state index contributed by atoms with van der Waals surface area (Å²) in [5.41, 5.74) is 1.65. The molecule has 2 amide bonds. The molecular formula is C28H33ClN4O3. The van der Waals surface area contributed by atoms with Crippen LogP contribution in [0.2, 0.25) is 5.02 Å². The number of anilines is 3. The molecule has 2 aliphatic rings. The number of piperazine rings is 1. The second-order valence-electron chi connectivity index (χ2n) is 11.6. The SMILES string of the molecule is CC(C)(C)OC(=O)N1CCN(c2ccc3c(c2)N(c2cccc(Cl)c2C#N)C(=O)C3(C)C)C(C)(C)C1. The summed E-state index contributed by atoms with van der Waals surface area (Å²) in [5, 5.41) is 10.1. The molecule has 0 unspecified atom stereocenters. The van der Waals surface area contributed by atoms with Gasteiger partial charge in [-0.1, -0.05) is 23.7 Å². The normalized spacial score (nSPS) is 18.6. The largest absolute Gasteiger partial charge is 0.444 e. The number of rotatable bonds is 2. The molecule has 7 nitrogen and oxygen atoms in total. The molecular weight excluding hydrogens is 476 g/mol. The Labute approximate surface area is 218 Å². The van der Waals surface area contributed by atoms with E-state index in [1.54, 1.807) is 28.0 Å². The first-order valence-electron chi connectivity index (χ1n) is 12.1. The van der Waals surface area contributed by atoms with Crippen LogP contribution in [0.5, 0.6) is 0 Å². The summed E-state index contributed by atoms with van der Waals surface area (Å²) >= 11 is 6.31. The van der Waals surface area contributed by atoms with Gasteiger partial charge in [-0.3, -0.25) is 9.69 Å². The molecule has 0 bridgehead atoms. The summed E-state index contributed by atoms with van der Waals surface area (Å²) in [6.45, 7) is 15.2. The van der Waals surface area contributed by atoms with Gasteiger partial charge in [0, 0.05) is 25.3 Å². The second-order valence-corrected chi connectivity index (χ2v) is 12.0. The lowest BCUT2D eigenvalue weighted by atomic mass is 9.86. The molecule has 2 aliphatic heterocycles. The van der Waals surface area contributed by atoms with E-state index < -0.39 is 11.0 Å². The maximum atomic E-state index is 13.6. The molecule has 36 heavy (non-hydrogen) atoms. The Morgan fingerprint density at radius 3 is 2.39 bits per heavy atom. The summed E-state index contributed by atoms with van der Waals surface area (Å²) in [6, 6.07) is 13.3. The Morgan fingerprint density at radius 1 is 1.08 bits per heavy atom. The van der Waals surface area contributed by atoms with Crippen LogP contribution in [0.25, 0.3) is 0 Å². The van der Waals surface area contributed by atoms with Crippen molar-refractivity contribution in [1.29, 1.82) is 5.26 Å². The molecule has 2 heterocycles. The van der Waals surface area contributed by atoms with Gasteiger partial charge in [-0.25, -0.2) is 4.79 Å². The molecule has 1 fully saturated rings. The number of carbonyl (C=O) groups is 2. The zero-order valence-corrected chi connectivity index (χ0v) is 22.7. The van der Waals surface area contributed by atoms with Gasteiger partial charge in [0.1, 0.15) is 11.7 Å². The van der Waals surface area contributed by atoms with E-state index in [-0.39, 0.29) is 23.1 Å². The highest BCUT2D eigenvalue weighted by molar-refractivity contribution is 6.32. The van der Waals surface area contributed by atoms with Crippen LogP contribution in [-0.4, -0.2) is 47.7 Å². The van der Waals surface area contributed by atoms with Crippen molar-refractivity contribution in [1.82, 2.24) is 4.90 Å². The topological polar surface area (TPSA) is 76.9 Å². The van der Waals surface area contributed by atoms with Gasteiger partial charge in [-0.05, 0) is 78.3 Å². The molecule has 2 aromatic carbocycles. The second kappa shape index (κ2) is 8.70. The van der Waals surface area contributed by atoms with E-state index in [9.17, 15) is 14.9 Å². The Bertz CT molecular complexity index is 1270. The van der Waals surface area contributed by atoms with Crippen molar-refractivity contribution in [3.8, 4) is 6.07 Å². The Kier molecular flexibility index (Phi) is 6.25. The molecule has 4 rings (SSSR count). The Morgan fingerprint density at radius 2 is 1.78 bits per heavy atom. The fraction of sp³-hybridized carbons (Fsp3) is 0.464. The fourth-order valence-electron chi connectivity index (χ4n) is 5.07. The van der Waals surface area contributed by atoms with Crippen LogP contribution in [-0.2, 0) is 14.9 Å². The Hall–Kier alpha value is -3.24. The van der Waals surface area contributed by atoms with Gasteiger partial charge in [-0.15, -0.1) is 0 Å². The lowest BCUT2D eigenvalue weighted by Gasteiger charge is -2.48. The minimum atomic E-state index is -0.756. The van der Waals surface area contributed by atoms with E-state index in [4.69, 9.17) is 16.3 Å². The number of fused-ring (bicyclic) bond motifs is 1. The molecule has 190 valence electrons. The molecule has 0 radical (unpaired) electrons. The van der Waals surface area contributed by atoms with E-state index in [0.717, 1.165) is 16.9 Å². The van der Waals surface area contributed by atoms with Crippen LogP contribution in [0.4, 0.5) is 21.9 Å². The van der Waals surface area contributed by atoms with Crippen LogP contribution in [0.3, 0.4) is 0 Å². The highest BCUT2D eigenvalue weighted by atomic mass is 35.5. The van der Waals surface area contributed by atoms with Crippen LogP contribution < -0.4 is 9.80 Å². The van der Waals surface area contributed by atoms with Crippen molar-refractivity contribution in [2.45, 2.75) is 65.0 Å². The van der Waals surface area contributed by atoms with Crippen molar-refractivity contribution in [2.75, 3.05) is 29.4 Å². The summed E-state index contributed by atoms with van der Waals surface area (Å²) in [4.78, 5) is 31.9. The first-order chi connectivity index (χ1) is 16.7. The lowest BCUT2D eigenvalue weighted by molar-refractivity contribution is -0.121. The van der Waals surface area contributed by atoms with Crippen molar-refractivity contribution in [2.24, 2.45) is 0 Å². The number of ether oxygens (including phenoxy) is 1. The predicted molar refractivity (Wildman–Crippen MR) is 142 cm³/mol. The standard InChI is InChI=1S/C28H33ClN4O3/c1-26(2,3)36-25(35)31-13-14-32(27(4,5)17-31)18-11-12-20-23(15-18)33(24(34)28(20,6)7)22-10-8-9-21(29)19(22)16-30/h8-12,15H,13-14,17H2,1-7H3. The third-order valence-electron chi connectivity index (χ3n) is 6.84. The molecule has 0 aromatic heterocycles. The number of hydrogen-bond acceptors (Lipinski definition) is 5. The summed E-state index contributed by atoms with van der Waals surface area (Å²) in [5.74, 6) is -0.109. The van der Waals surface area contributed by atoms with Gasteiger partial charge in [0.2, 0.25) is 5.91 Å². The molecule has 1 saturated heterocycles. The van der Waals surface area contributed by atoms with E-state index in [2.05, 4.69) is 24.8 Å². The van der Waals surface area contributed by atoms with Gasteiger partial charge < -0.3 is 14.5 Å². The third-order valence-corrected chi connectivity index (χ3v) is 7.16. The maximum absolute atomic E-state index is 13.6. The average molecular weight is 509 g/mol. The highest BCUT2D eigenvalue weighted by Gasteiger charge is 2.46. The number of nitrogens with zero attached hydrogens (tertiary/aromatic N) is 4. The smallest absolute Gasteiger partial charge is 0.410 e. The molecule has 0 saturated carbocycles. The number of carbonyl (C=O) groups excluding carboxylic acids is 2. The van der Waals surface area contributed by atoms with Crippen molar-refractivity contribution >= 4 is 40.7 Å². The maximum Gasteiger partial charge on any atom is 0.410 e. The molecule has 0 spiro atoms. The van der Waals surface area contributed by atoms with Gasteiger partial charge in [0.15, 0.2) is 0 Å². The van der Waals surface area contributed by atoms with Gasteiger partial charge in [0.25, 0.3) is 0 Å². The van der Waals surface area contributed by atoms with Crippen molar-refractivity contribution in [3.05, 3.63) is 52.5 Å². The van der Waals surface area contributed by atoms with Crippen molar-refractivity contribution < 1.29 is 14.3 Å². The van der Waals surface area contributed by atoms with E-state index in [1.807, 2.05) is 52.8 Å². The zero-order valence-electron chi connectivity index (χ0n) is 22.0. The van der Waals surface area contributed by atoms with E-state index >= 15 is 0 Å². The summed E-state index contributed by atoms with van der Waals surface area (Å²) in [7, 11) is 0. The molecule has 0 N–H and O–H groups in total. The monoisotopic (exact) mass is 508 g/mol. The molecule has 2 aromatic rings. The van der Waals surface area contributed by atoms with Gasteiger partial charge in [-0.2, -0.15) is 5.26 Å². The highest BCUT2D eigenvalue weighted by Crippen LogP contribution is 2.48. The Balaban J connectivity index is 1.71. The van der Waals surface area contributed by atoms with Gasteiger partial charge in [0.05, 0.1) is 32.9 Å². The summed E-state index contributed by atoms with van der Waals surface area (Å²) < 4.78 is 5.59. The number of nitriles is 1. The minimum absolute atomic E-state index is 0.109. The molecule has 0 aliphatic carbocycles. The van der Waals surface area contributed by atoms with Crippen LogP contribution in [0.1, 0.15) is 59.6 Å². The third kappa shape index (κ3) is 4.39. The fourth-order valence-corrected chi connectivity index (χ4v) is 5.28. The first kappa shape index (κ1) is 25.8. The number of halogens is 1.